The van der Waals surface area contributed by atoms with Crippen molar-refractivity contribution in [1.29, 1.82) is 0 Å². The molecule has 0 atom stereocenters. The predicted molar refractivity (Wildman–Crippen MR) is 82.5 cm³/mol. The third-order valence-corrected chi connectivity index (χ3v) is 3.41. The average Bonchev–Trinajstić information content (AvgIpc) is 2.37. The third kappa shape index (κ3) is 4.18. The van der Waals surface area contributed by atoms with Gasteiger partial charge >= 0.3 is 0 Å². The van der Waals surface area contributed by atoms with Crippen LogP contribution in [-0.2, 0) is 13.0 Å². The van der Waals surface area contributed by atoms with Gasteiger partial charge in [0.25, 0.3) is 0 Å². The predicted octanol–water partition coefficient (Wildman–Crippen LogP) is 4.46. The molecule has 2 aromatic rings. The molecule has 19 heavy (non-hydrogen) atoms. The van der Waals surface area contributed by atoms with Crippen LogP contribution in [0.15, 0.2) is 34.9 Å². The molecule has 0 aliphatic carbocycles. The number of nitrogens with zero attached hydrogens (tertiary/aromatic N) is 2. The quantitative estimate of drug-likeness (QED) is 0.817. The van der Waals surface area contributed by atoms with Crippen LogP contribution in [0.4, 0.5) is 5.82 Å². The van der Waals surface area contributed by atoms with Gasteiger partial charge in [-0.3, -0.25) is 0 Å². The molecule has 1 aromatic carbocycles. The van der Waals surface area contributed by atoms with Crippen molar-refractivity contribution in [3.8, 4) is 0 Å². The number of aryl methyl sites for hydroxylation is 1. The standard InChI is InChI=1S/C14H15BrClN3/c1-2-5-13-18-12(15)8-14(19-13)17-9-10-6-3-4-7-11(10)16/h3-4,6-8H,2,5,9H2,1H3,(H,17,18,19). The Kier molecular flexibility index (Phi) is 5.16. The molecule has 0 aliphatic rings. The Hall–Kier alpha value is -1.13. The molecule has 2 rings (SSSR count). The molecule has 1 aromatic heterocycles. The van der Waals surface area contributed by atoms with E-state index < -0.39 is 0 Å². The zero-order valence-electron chi connectivity index (χ0n) is 10.7. The Bertz CT molecular complexity index is 560. The average molecular weight is 341 g/mol. The van der Waals surface area contributed by atoms with Crippen molar-refractivity contribution in [2.24, 2.45) is 0 Å². The topological polar surface area (TPSA) is 37.8 Å². The number of benzene rings is 1. The minimum atomic E-state index is 0.648. The van der Waals surface area contributed by atoms with Crippen LogP contribution in [0.5, 0.6) is 0 Å². The number of anilines is 1. The molecule has 0 bridgehead atoms. The van der Waals surface area contributed by atoms with Gasteiger partial charge in [0.1, 0.15) is 16.2 Å². The highest BCUT2D eigenvalue weighted by Crippen LogP contribution is 2.18. The molecule has 0 saturated carbocycles. The summed E-state index contributed by atoms with van der Waals surface area (Å²) in [7, 11) is 0. The minimum Gasteiger partial charge on any atom is -0.366 e. The van der Waals surface area contributed by atoms with Gasteiger partial charge in [-0.2, -0.15) is 0 Å². The molecule has 5 heteroatoms. The van der Waals surface area contributed by atoms with E-state index in [0.29, 0.717) is 6.54 Å². The molecule has 1 N–H and O–H groups in total. The summed E-state index contributed by atoms with van der Waals surface area (Å²) < 4.78 is 0.799. The van der Waals surface area contributed by atoms with E-state index in [1.165, 1.54) is 0 Å². The molecule has 100 valence electrons. The summed E-state index contributed by atoms with van der Waals surface area (Å²) in [6.07, 6.45) is 1.90. The van der Waals surface area contributed by atoms with E-state index >= 15 is 0 Å². The number of aromatic nitrogens is 2. The van der Waals surface area contributed by atoms with Crippen molar-refractivity contribution in [3.05, 3.63) is 51.3 Å². The van der Waals surface area contributed by atoms with E-state index in [1.807, 2.05) is 30.3 Å². The second-order valence-corrected chi connectivity index (χ2v) is 5.41. The molecule has 0 saturated heterocycles. The Morgan fingerprint density at radius 3 is 2.79 bits per heavy atom. The maximum Gasteiger partial charge on any atom is 0.132 e. The lowest BCUT2D eigenvalue weighted by atomic mass is 10.2. The summed E-state index contributed by atoms with van der Waals surface area (Å²) in [5.74, 6) is 1.66. The largest absolute Gasteiger partial charge is 0.366 e. The zero-order chi connectivity index (χ0) is 13.7. The fraction of sp³-hybridized carbons (Fsp3) is 0.286. The molecule has 3 nitrogen and oxygen atoms in total. The minimum absolute atomic E-state index is 0.648. The lowest BCUT2D eigenvalue weighted by Gasteiger charge is -2.09. The van der Waals surface area contributed by atoms with Crippen molar-refractivity contribution >= 4 is 33.3 Å². The summed E-state index contributed by atoms with van der Waals surface area (Å²) >= 11 is 9.53. The first kappa shape index (κ1) is 14.3. The molecule has 0 amide bonds. The smallest absolute Gasteiger partial charge is 0.132 e. The van der Waals surface area contributed by atoms with Crippen LogP contribution in [0.2, 0.25) is 5.02 Å². The van der Waals surface area contributed by atoms with Crippen molar-refractivity contribution in [3.63, 3.8) is 0 Å². The van der Waals surface area contributed by atoms with E-state index in [4.69, 9.17) is 11.6 Å². The number of hydrogen-bond donors (Lipinski definition) is 1. The second kappa shape index (κ2) is 6.87. The van der Waals surface area contributed by atoms with E-state index in [9.17, 15) is 0 Å². The van der Waals surface area contributed by atoms with Crippen LogP contribution in [-0.4, -0.2) is 9.97 Å². The van der Waals surface area contributed by atoms with E-state index in [-0.39, 0.29) is 0 Å². The van der Waals surface area contributed by atoms with Gasteiger partial charge in [0.2, 0.25) is 0 Å². The Balaban J connectivity index is 2.09. The van der Waals surface area contributed by atoms with Gasteiger partial charge in [0.15, 0.2) is 0 Å². The maximum absolute atomic E-state index is 6.12. The van der Waals surface area contributed by atoms with Crippen LogP contribution in [0.1, 0.15) is 24.7 Å². The lowest BCUT2D eigenvalue weighted by Crippen LogP contribution is -2.05. The molecule has 0 aliphatic heterocycles. The zero-order valence-corrected chi connectivity index (χ0v) is 13.0. The summed E-state index contributed by atoms with van der Waals surface area (Å²) in [6, 6.07) is 9.65. The van der Waals surface area contributed by atoms with Crippen LogP contribution in [0, 0.1) is 0 Å². The monoisotopic (exact) mass is 339 g/mol. The molecule has 0 unspecified atom stereocenters. The normalized spacial score (nSPS) is 10.5. The fourth-order valence-electron chi connectivity index (χ4n) is 1.72. The van der Waals surface area contributed by atoms with Crippen molar-refractivity contribution < 1.29 is 0 Å². The highest BCUT2D eigenvalue weighted by atomic mass is 79.9. The van der Waals surface area contributed by atoms with Gasteiger partial charge in [0.05, 0.1) is 0 Å². The third-order valence-electron chi connectivity index (χ3n) is 2.63. The van der Waals surface area contributed by atoms with Crippen molar-refractivity contribution in [2.75, 3.05) is 5.32 Å². The van der Waals surface area contributed by atoms with Gasteiger partial charge in [-0.1, -0.05) is 36.7 Å². The van der Waals surface area contributed by atoms with Crippen molar-refractivity contribution in [2.45, 2.75) is 26.3 Å². The molecule has 0 fully saturated rings. The van der Waals surface area contributed by atoms with Crippen molar-refractivity contribution in [1.82, 2.24) is 9.97 Å². The highest BCUT2D eigenvalue weighted by Gasteiger charge is 2.04. The first-order valence-corrected chi connectivity index (χ1v) is 7.37. The first-order valence-electron chi connectivity index (χ1n) is 6.19. The van der Waals surface area contributed by atoms with Crippen LogP contribution in [0.25, 0.3) is 0 Å². The molecule has 1 heterocycles. The second-order valence-electron chi connectivity index (χ2n) is 4.19. The maximum atomic E-state index is 6.12. The SMILES string of the molecule is CCCc1nc(Br)cc(NCc2ccccc2Cl)n1. The van der Waals surface area contributed by atoms with E-state index in [0.717, 1.165) is 39.7 Å². The number of rotatable bonds is 5. The highest BCUT2D eigenvalue weighted by molar-refractivity contribution is 9.10. The molecule has 0 spiro atoms. The Morgan fingerprint density at radius 1 is 1.26 bits per heavy atom. The Labute approximate surface area is 126 Å². The number of nitrogens with one attached hydrogen (secondary N) is 1. The molecular formula is C14H15BrClN3. The summed E-state index contributed by atoms with van der Waals surface area (Å²) in [4.78, 5) is 8.81. The van der Waals surface area contributed by atoms with Gasteiger partial charge in [-0.25, -0.2) is 9.97 Å². The van der Waals surface area contributed by atoms with Gasteiger partial charge in [0, 0.05) is 24.1 Å². The van der Waals surface area contributed by atoms with Crippen LogP contribution < -0.4 is 5.32 Å². The van der Waals surface area contributed by atoms with Crippen LogP contribution >= 0.6 is 27.5 Å². The molecule has 0 radical (unpaired) electrons. The first-order chi connectivity index (χ1) is 9.19. The fourth-order valence-corrected chi connectivity index (χ4v) is 2.34. The number of hydrogen-bond acceptors (Lipinski definition) is 3. The Morgan fingerprint density at radius 2 is 2.05 bits per heavy atom. The lowest BCUT2D eigenvalue weighted by molar-refractivity contribution is 0.828. The van der Waals surface area contributed by atoms with E-state index in [2.05, 4.69) is 38.1 Å². The summed E-state index contributed by atoms with van der Waals surface area (Å²) in [6.45, 7) is 2.76. The van der Waals surface area contributed by atoms with E-state index in [1.54, 1.807) is 0 Å². The van der Waals surface area contributed by atoms with Crippen LogP contribution in [0.3, 0.4) is 0 Å². The van der Waals surface area contributed by atoms with Gasteiger partial charge in [-0.15, -0.1) is 0 Å². The molecular weight excluding hydrogens is 326 g/mol. The summed E-state index contributed by atoms with van der Waals surface area (Å²) in [5, 5.41) is 4.04. The van der Waals surface area contributed by atoms with Gasteiger partial charge < -0.3 is 5.32 Å². The van der Waals surface area contributed by atoms with Gasteiger partial charge in [-0.05, 0) is 34.0 Å². The number of halogens is 2. The summed E-state index contributed by atoms with van der Waals surface area (Å²) in [5.41, 5.74) is 1.05.